The molecule has 1 aliphatic rings. The summed E-state index contributed by atoms with van der Waals surface area (Å²) in [6.45, 7) is -1.42. The van der Waals surface area contributed by atoms with E-state index < -0.39 is 35.8 Å². The second kappa shape index (κ2) is 6.29. The van der Waals surface area contributed by atoms with Crippen LogP contribution in [-0.2, 0) is 16.4 Å². The van der Waals surface area contributed by atoms with Crippen LogP contribution in [0.2, 0.25) is 0 Å². The summed E-state index contributed by atoms with van der Waals surface area (Å²) in [5, 5.41) is 0. The Morgan fingerprint density at radius 1 is 1.12 bits per heavy atom. The number of nitrogens with zero attached hydrogens (tertiary/aromatic N) is 1. The first-order valence-corrected chi connectivity index (χ1v) is 7.46. The van der Waals surface area contributed by atoms with Gasteiger partial charge >= 0.3 is 12.4 Å². The summed E-state index contributed by atoms with van der Waals surface area (Å²) in [7, 11) is 1.03. The summed E-state index contributed by atoms with van der Waals surface area (Å²) in [5.41, 5.74) is -2.09. The van der Waals surface area contributed by atoms with Gasteiger partial charge in [0.2, 0.25) is 5.91 Å². The molecule has 2 rings (SSSR count). The molecule has 1 fully saturated rings. The molecule has 1 aliphatic carbocycles. The molecule has 1 aromatic rings. The van der Waals surface area contributed by atoms with Crippen molar-refractivity contribution in [1.82, 2.24) is 4.90 Å². The van der Waals surface area contributed by atoms with Crippen molar-refractivity contribution in [2.75, 3.05) is 13.6 Å². The minimum Gasteiger partial charge on any atom is -0.336 e. The average Bonchev–Trinajstić information content (AvgIpc) is 2.94. The van der Waals surface area contributed by atoms with E-state index in [1.54, 1.807) is 0 Å². The number of carbonyl (C=O) groups excluding carboxylic acids is 1. The topological polar surface area (TPSA) is 20.3 Å². The van der Waals surface area contributed by atoms with Crippen LogP contribution in [0.15, 0.2) is 24.3 Å². The average molecular weight is 353 g/mol. The monoisotopic (exact) mass is 353 g/mol. The van der Waals surface area contributed by atoms with E-state index in [-0.39, 0.29) is 18.4 Å². The lowest BCUT2D eigenvalue weighted by Gasteiger charge is -2.33. The lowest BCUT2D eigenvalue weighted by molar-refractivity contribution is -0.162. The number of amides is 1. The molecular formula is C16H17F6NO. The molecule has 1 amide bonds. The Bertz CT molecular complexity index is 601. The van der Waals surface area contributed by atoms with Gasteiger partial charge in [-0.15, -0.1) is 0 Å². The van der Waals surface area contributed by atoms with Crippen molar-refractivity contribution in [2.45, 2.75) is 43.5 Å². The fourth-order valence-electron chi connectivity index (χ4n) is 3.30. The van der Waals surface area contributed by atoms with E-state index in [4.69, 9.17) is 0 Å². The molecule has 2 nitrogen and oxygen atoms in total. The van der Waals surface area contributed by atoms with Gasteiger partial charge in [-0.2, -0.15) is 26.3 Å². The SMILES string of the molecule is CN(CC(F)(F)F)C(=O)C1(c2cccc(C(F)(F)F)c2)CCCC1. The summed E-state index contributed by atoms with van der Waals surface area (Å²) < 4.78 is 76.4. The van der Waals surface area contributed by atoms with Crippen molar-refractivity contribution >= 4 is 5.91 Å². The number of carbonyl (C=O) groups is 1. The highest BCUT2D eigenvalue weighted by Gasteiger charge is 2.46. The molecule has 0 saturated heterocycles. The van der Waals surface area contributed by atoms with Gasteiger partial charge in [0, 0.05) is 7.05 Å². The van der Waals surface area contributed by atoms with Gasteiger partial charge in [-0.25, -0.2) is 0 Å². The Hall–Kier alpha value is -1.73. The summed E-state index contributed by atoms with van der Waals surface area (Å²) in [6, 6.07) is 4.34. The molecule has 0 spiro atoms. The van der Waals surface area contributed by atoms with Crippen molar-refractivity contribution in [3.8, 4) is 0 Å². The number of alkyl halides is 6. The molecule has 0 bridgehead atoms. The third-order valence-corrected chi connectivity index (χ3v) is 4.37. The zero-order valence-corrected chi connectivity index (χ0v) is 13.0. The number of hydrogen-bond donors (Lipinski definition) is 0. The molecule has 0 unspecified atom stereocenters. The fourth-order valence-corrected chi connectivity index (χ4v) is 3.30. The zero-order chi connectivity index (χ0) is 18.2. The third-order valence-electron chi connectivity index (χ3n) is 4.37. The Morgan fingerprint density at radius 2 is 1.71 bits per heavy atom. The Morgan fingerprint density at radius 3 is 2.21 bits per heavy atom. The molecule has 0 aromatic heterocycles. The largest absolute Gasteiger partial charge is 0.416 e. The number of halogens is 6. The van der Waals surface area contributed by atoms with E-state index in [1.165, 1.54) is 12.1 Å². The van der Waals surface area contributed by atoms with Crippen molar-refractivity contribution in [3.05, 3.63) is 35.4 Å². The first-order chi connectivity index (χ1) is 11.0. The number of hydrogen-bond acceptors (Lipinski definition) is 1. The molecule has 8 heteroatoms. The first kappa shape index (κ1) is 18.6. The quantitative estimate of drug-likeness (QED) is 0.731. The van der Waals surface area contributed by atoms with Gasteiger partial charge in [0.15, 0.2) is 0 Å². The Labute approximate surface area is 135 Å². The van der Waals surface area contributed by atoms with Crippen LogP contribution in [0.3, 0.4) is 0 Å². The Balaban J connectivity index is 2.40. The highest BCUT2D eigenvalue weighted by molar-refractivity contribution is 5.88. The summed E-state index contributed by atoms with van der Waals surface area (Å²) >= 11 is 0. The normalized spacial score (nSPS) is 17.8. The summed E-state index contributed by atoms with van der Waals surface area (Å²) in [4.78, 5) is 13.2. The molecule has 1 aromatic carbocycles. The van der Waals surface area contributed by atoms with E-state index in [9.17, 15) is 31.1 Å². The fraction of sp³-hybridized carbons (Fsp3) is 0.562. The van der Waals surface area contributed by atoms with Crippen LogP contribution in [-0.4, -0.2) is 30.6 Å². The first-order valence-electron chi connectivity index (χ1n) is 7.46. The van der Waals surface area contributed by atoms with Crippen LogP contribution in [0.25, 0.3) is 0 Å². The van der Waals surface area contributed by atoms with Gasteiger partial charge in [0.05, 0.1) is 11.0 Å². The summed E-state index contributed by atoms with van der Waals surface area (Å²) in [5.74, 6) is -0.781. The number of rotatable bonds is 3. The van der Waals surface area contributed by atoms with Gasteiger partial charge in [-0.3, -0.25) is 4.79 Å². The molecule has 0 atom stereocenters. The van der Waals surface area contributed by atoms with E-state index >= 15 is 0 Å². The molecule has 0 N–H and O–H groups in total. The van der Waals surface area contributed by atoms with Gasteiger partial charge in [0.1, 0.15) is 6.54 Å². The second-order valence-corrected chi connectivity index (χ2v) is 6.14. The lowest BCUT2D eigenvalue weighted by atomic mass is 9.77. The van der Waals surface area contributed by atoms with E-state index in [1.807, 2.05) is 0 Å². The highest BCUT2D eigenvalue weighted by Crippen LogP contribution is 2.44. The van der Waals surface area contributed by atoms with Crippen LogP contribution in [0, 0.1) is 0 Å². The maximum Gasteiger partial charge on any atom is 0.416 e. The van der Waals surface area contributed by atoms with Gasteiger partial charge in [-0.1, -0.05) is 31.0 Å². The minimum atomic E-state index is -4.57. The Kier molecular flexibility index (Phi) is 4.88. The van der Waals surface area contributed by atoms with Crippen LogP contribution in [0.1, 0.15) is 36.8 Å². The standard InChI is InChI=1S/C16H17F6NO/c1-23(10-15(17,18)19)13(24)14(7-2-3-8-14)11-5-4-6-12(9-11)16(20,21)22/h4-6,9H,2-3,7-8,10H2,1H3. The molecule has 134 valence electrons. The van der Waals surface area contributed by atoms with E-state index in [0.29, 0.717) is 17.7 Å². The van der Waals surface area contributed by atoms with Gasteiger partial charge in [0.25, 0.3) is 0 Å². The maximum absolute atomic E-state index is 12.9. The number of likely N-dealkylation sites (N-methyl/N-ethyl adjacent to an activating group) is 1. The molecule has 0 aliphatic heterocycles. The molecule has 24 heavy (non-hydrogen) atoms. The van der Waals surface area contributed by atoms with Crippen molar-refractivity contribution in [1.29, 1.82) is 0 Å². The van der Waals surface area contributed by atoms with Crippen molar-refractivity contribution < 1.29 is 31.1 Å². The number of benzene rings is 1. The van der Waals surface area contributed by atoms with Gasteiger partial charge in [-0.05, 0) is 24.5 Å². The van der Waals surface area contributed by atoms with Crippen LogP contribution < -0.4 is 0 Å². The predicted molar refractivity (Wildman–Crippen MR) is 75.3 cm³/mol. The molecular weight excluding hydrogens is 336 g/mol. The van der Waals surface area contributed by atoms with Gasteiger partial charge < -0.3 is 4.90 Å². The van der Waals surface area contributed by atoms with Crippen LogP contribution >= 0.6 is 0 Å². The minimum absolute atomic E-state index is 0.133. The van der Waals surface area contributed by atoms with Crippen LogP contribution in [0.5, 0.6) is 0 Å². The van der Waals surface area contributed by atoms with Crippen LogP contribution in [0.4, 0.5) is 26.3 Å². The van der Waals surface area contributed by atoms with Crippen molar-refractivity contribution in [2.24, 2.45) is 0 Å². The predicted octanol–water partition coefficient (Wildman–Crippen LogP) is 4.54. The second-order valence-electron chi connectivity index (χ2n) is 6.14. The van der Waals surface area contributed by atoms with E-state index in [0.717, 1.165) is 19.2 Å². The molecule has 1 saturated carbocycles. The molecule has 0 heterocycles. The smallest absolute Gasteiger partial charge is 0.336 e. The maximum atomic E-state index is 12.9. The van der Waals surface area contributed by atoms with E-state index in [2.05, 4.69) is 0 Å². The zero-order valence-electron chi connectivity index (χ0n) is 13.0. The summed E-state index contributed by atoms with van der Waals surface area (Å²) in [6.07, 6.45) is -7.47. The lowest BCUT2D eigenvalue weighted by Crippen LogP contribution is -2.47. The highest BCUT2D eigenvalue weighted by atomic mass is 19.4. The molecule has 0 radical (unpaired) electrons. The van der Waals surface area contributed by atoms with Crippen molar-refractivity contribution in [3.63, 3.8) is 0 Å². The third kappa shape index (κ3) is 3.84.